The van der Waals surface area contributed by atoms with Crippen molar-refractivity contribution in [1.82, 2.24) is 10.3 Å². The van der Waals surface area contributed by atoms with Gasteiger partial charge in [-0.05, 0) is 61.6 Å². The molecule has 4 nitrogen and oxygen atoms in total. The number of aryl methyl sites for hydroxylation is 1. The molecule has 1 aromatic heterocycles. The van der Waals surface area contributed by atoms with E-state index in [4.69, 9.17) is 9.47 Å². The van der Waals surface area contributed by atoms with Gasteiger partial charge in [-0.2, -0.15) is 0 Å². The molecule has 0 amide bonds. The number of aromatic amines is 1. The Morgan fingerprint density at radius 1 is 1.00 bits per heavy atom. The molecule has 2 aromatic carbocycles. The highest BCUT2D eigenvalue weighted by Gasteiger charge is 2.39. The lowest BCUT2D eigenvalue weighted by atomic mass is 9.83. The fourth-order valence-electron chi connectivity index (χ4n) is 5.27. The smallest absolute Gasteiger partial charge is 0.160 e. The number of aromatic nitrogens is 1. The standard InChI is InChI=1S/C24H28N2O2/c1-14-7-9-19-17(11-14)23-16-5-4-6-18(16)25-20(24(23)26-19)12-15-8-10-21(27-2)22(13-15)28-3/h7-11,13,16,18,20,25-26H,4-6,12H2,1-3H3/t16-,18-,20+/m1/s1. The Bertz CT molecular complexity index is 1020. The number of methoxy groups -OCH3 is 2. The normalized spacial score (nSPS) is 23.5. The summed E-state index contributed by atoms with van der Waals surface area (Å²) in [6.07, 6.45) is 4.80. The molecule has 1 aliphatic heterocycles. The Morgan fingerprint density at radius 2 is 1.86 bits per heavy atom. The largest absolute Gasteiger partial charge is 0.493 e. The number of hydrogen-bond acceptors (Lipinski definition) is 3. The SMILES string of the molecule is COc1ccc(C[C@@H]2N[C@@H]3CCC[C@H]3c3c2[nH]c2ccc(C)cc32)cc1OC. The maximum absolute atomic E-state index is 5.51. The minimum atomic E-state index is 0.292. The topological polar surface area (TPSA) is 46.3 Å². The molecule has 4 heteroatoms. The maximum atomic E-state index is 5.51. The van der Waals surface area contributed by atoms with Gasteiger partial charge in [0.1, 0.15) is 0 Å². The molecule has 2 N–H and O–H groups in total. The van der Waals surface area contributed by atoms with Crippen LogP contribution in [-0.4, -0.2) is 25.2 Å². The van der Waals surface area contributed by atoms with Crippen molar-refractivity contribution < 1.29 is 9.47 Å². The Balaban J connectivity index is 1.56. The quantitative estimate of drug-likeness (QED) is 0.672. The zero-order chi connectivity index (χ0) is 19.3. The molecule has 28 heavy (non-hydrogen) atoms. The second kappa shape index (κ2) is 6.85. The number of H-pyrrole nitrogens is 1. The van der Waals surface area contributed by atoms with E-state index in [1.54, 1.807) is 19.8 Å². The molecule has 2 aliphatic rings. The zero-order valence-electron chi connectivity index (χ0n) is 16.8. The Labute approximate surface area is 166 Å². The molecule has 0 radical (unpaired) electrons. The third-order valence-electron chi connectivity index (χ3n) is 6.56. The van der Waals surface area contributed by atoms with Gasteiger partial charge < -0.3 is 19.8 Å². The molecule has 0 spiro atoms. The Hall–Kier alpha value is -2.46. The molecular weight excluding hydrogens is 348 g/mol. The molecule has 3 atom stereocenters. The predicted molar refractivity (Wildman–Crippen MR) is 113 cm³/mol. The van der Waals surface area contributed by atoms with Crippen LogP contribution in [0.5, 0.6) is 11.5 Å². The van der Waals surface area contributed by atoms with Gasteiger partial charge in [0.25, 0.3) is 0 Å². The molecule has 0 bridgehead atoms. The van der Waals surface area contributed by atoms with Gasteiger partial charge in [0.2, 0.25) is 0 Å². The highest BCUT2D eigenvalue weighted by Crippen LogP contribution is 2.46. The van der Waals surface area contributed by atoms with Crippen molar-refractivity contribution in [1.29, 1.82) is 0 Å². The van der Waals surface area contributed by atoms with E-state index in [9.17, 15) is 0 Å². The van der Waals surface area contributed by atoms with Crippen molar-refractivity contribution in [2.24, 2.45) is 0 Å². The first-order valence-electron chi connectivity index (χ1n) is 10.3. The van der Waals surface area contributed by atoms with Crippen LogP contribution in [0.1, 0.15) is 53.6 Å². The lowest BCUT2D eigenvalue weighted by molar-refractivity contribution is 0.352. The predicted octanol–water partition coefficient (Wildman–Crippen LogP) is 5.02. The number of hydrogen-bond donors (Lipinski definition) is 2. The molecule has 3 aromatic rings. The van der Waals surface area contributed by atoms with Crippen LogP contribution < -0.4 is 14.8 Å². The first kappa shape index (κ1) is 17.6. The number of rotatable bonds is 4. The second-order valence-electron chi connectivity index (χ2n) is 8.26. The summed E-state index contributed by atoms with van der Waals surface area (Å²) in [5, 5.41) is 5.38. The summed E-state index contributed by atoms with van der Waals surface area (Å²) >= 11 is 0. The van der Waals surface area contributed by atoms with E-state index >= 15 is 0 Å². The van der Waals surface area contributed by atoms with Crippen LogP contribution in [-0.2, 0) is 6.42 Å². The van der Waals surface area contributed by atoms with Gasteiger partial charge in [-0.3, -0.25) is 0 Å². The summed E-state index contributed by atoms with van der Waals surface area (Å²) in [5.74, 6) is 2.20. The van der Waals surface area contributed by atoms with E-state index in [0.29, 0.717) is 18.0 Å². The molecule has 2 heterocycles. The molecule has 1 saturated carbocycles. The number of fused-ring (bicyclic) bond motifs is 5. The average molecular weight is 377 g/mol. The molecule has 1 aliphatic carbocycles. The Morgan fingerprint density at radius 3 is 2.68 bits per heavy atom. The van der Waals surface area contributed by atoms with Crippen LogP contribution in [0.2, 0.25) is 0 Å². The molecular formula is C24H28N2O2. The monoisotopic (exact) mass is 376 g/mol. The van der Waals surface area contributed by atoms with Gasteiger partial charge >= 0.3 is 0 Å². The van der Waals surface area contributed by atoms with Crippen LogP contribution in [0.3, 0.4) is 0 Å². The summed E-state index contributed by atoms with van der Waals surface area (Å²) in [4.78, 5) is 3.76. The summed E-state index contributed by atoms with van der Waals surface area (Å²) in [7, 11) is 3.38. The third kappa shape index (κ3) is 2.78. The van der Waals surface area contributed by atoms with Gasteiger partial charge in [0, 0.05) is 28.6 Å². The first-order chi connectivity index (χ1) is 13.7. The lowest BCUT2D eigenvalue weighted by Gasteiger charge is -2.34. The van der Waals surface area contributed by atoms with Crippen molar-refractivity contribution in [3.8, 4) is 11.5 Å². The van der Waals surface area contributed by atoms with Crippen molar-refractivity contribution in [2.45, 2.75) is 50.6 Å². The van der Waals surface area contributed by atoms with Crippen molar-refractivity contribution in [2.75, 3.05) is 14.2 Å². The lowest BCUT2D eigenvalue weighted by Crippen LogP contribution is -2.40. The van der Waals surface area contributed by atoms with Crippen LogP contribution >= 0.6 is 0 Å². The van der Waals surface area contributed by atoms with Gasteiger partial charge in [-0.1, -0.05) is 24.1 Å². The summed E-state index contributed by atoms with van der Waals surface area (Å²) in [6, 6.07) is 13.9. The minimum absolute atomic E-state index is 0.292. The molecule has 1 fully saturated rings. The van der Waals surface area contributed by atoms with E-state index in [-0.39, 0.29) is 0 Å². The average Bonchev–Trinajstić information content (AvgIpc) is 3.31. The van der Waals surface area contributed by atoms with Crippen LogP contribution in [0.4, 0.5) is 0 Å². The van der Waals surface area contributed by atoms with Crippen molar-refractivity contribution in [3.05, 3.63) is 58.8 Å². The highest BCUT2D eigenvalue weighted by molar-refractivity contribution is 5.86. The van der Waals surface area contributed by atoms with Gasteiger partial charge in [0.15, 0.2) is 11.5 Å². The van der Waals surface area contributed by atoms with Gasteiger partial charge in [-0.25, -0.2) is 0 Å². The minimum Gasteiger partial charge on any atom is -0.493 e. The zero-order valence-corrected chi connectivity index (χ0v) is 16.8. The second-order valence-corrected chi connectivity index (χ2v) is 8.26. The van der Waals surface area contributed by atoms with Gasteiger partial charge in [-0.15, -0.1) is 0 Å². The number of benzene rings is 2. The number of nitrogens with one attached hydrogen (secondary N) is 2. The fourth-order valence-corrected chi connectivity index (χ4v) is 5.27. The van der Waals surface area contributed by atoms with Crippen molar-refractivity contribution in [3.63, 3.8) is 0 Å². The number of ether oxygens (including phenoxy) is 2. The molecule has 5 rings (SSSR count). The van der Waals surface area contributed by atoms with Gasteiger partial charge in [0.05, 0.1) is 20.3 Å². The third-order valence-corrected chi connectivity index (χ3v) is 6.56. The first-order valence-corrected chi connectivity index (χ1v) is 10.3. The molecule has 0 saturated heterocycles. The highest BCUT2D eigenvalue weighted by atomic mass is 16.5. The van der Waals surface area contributed by atoms with E-state index < -0.39 is 0 Å². The summed E-state index contributed by atoms with van der Waals surface area (Å²) in [6.45, 7) is 2.19. The van der Waals surface area contributed by atoms with E-state index in [1.165, 1.54) is 47.0 Å². The Kier molecular flexibility index (Phi) is 4.31. The van der Waals surface area contributed by atoms with Crippen LogP contribution in [0.15, 0.2) is 36.4 Å². The van der Waals surface area contributed by atoms with E-state index in [0.717, 1.165) is 17.9 Å². The van der Waals surface area contributed by atoms with E-state index in [2.05, 4.69) is 47.6 Å². The summed E-state index contributed by atoms with van der Waals surface area (Å²) < 4.78 is 10.9. The van der Waals surface area contributed by atoms with Crippen molar-refractivity contribution >= 4 is 10.9 Å². The van der Waals surface area contributed by atoms with Crippen LogP contribution in [0, 0.1) is 6.92 Å². The molecule has 0 unspecified atom stereocenters. The van der Waals surface area contributed by atoms with E-state index in [1.807, 2.05) is 6.07 Å². The fraction of sp³-hybridized carbons (Fsp3) is 0.417. The molecule has 146 valence electrons. The summed E-state index contributed by atoms with van der Waals surface area (Å²) in [5.41, 5.74) is 6.79. The van der Waals surface area contributed by atoms with Crippen LogP contribution in [0.25, 0.3) is 10.9 Å². The maximum Gasteiger partial charge on any atom is 0.160 e.